The second kappa shape index (κ2) is 9.65. The molecule has 0 atom stereocenters. The number of benzene rings is 2. The molecule has 0 aliphatic heterocycles. The number of nitrogens with one attached hydrogen (secondary N) is 1. The Labute approximate surface area is 186 Å². The number of carbonyl (C=O) groups excluding carboxylic acids is 2. The number of methoxy groups -OCH3 is 1. The first kappa shape index (κ1) is 25.3. The topological polar surface area (TPSA) is 162 Å². The summed E-state index contributed by atoms with van der Waals surface area (Å²) in [5, 5.41) is 7.51. The van der Waals surface area contributed by atoms with Gasteiger partial charge in [-0.05, 0) is 42.8 Å². The van der Waals surface area contributed by atoms with E-state index in [1.807, 2.05) is 0 Å². The minimum absolute atomic E-state index is 0.0156. The molecular formula is C19H23N3O8S2. The van der Waals surface area contributed by atoms with Gasteiger partial charge in [0.05, 0.1) is 16.9 Å². The van der Waals surface area contributed by atoms with Crippen molar-refractivity contribution in [1.29, 1.82) is 0 Å². The number of hydrogen-bond donors (Lipinski definition) is 2. The van der Waals surface area contributed by atoms with Crippen LogP contribution in [0.15, 0.2) is 46.2 Å². The number of carbonyl (C=O) groups is 2. The summed E-state index contributed by atoms with van der Waals surface area (Å²) < 4.78 is 58.8. The molecule has 0 unspecified atom stereocenters. The van der Waals surface area contributed by atoms with E-state index in [1.54, 1.807) is 6.92 Å². The molecule has 32 heavy (non-hydrogen) atoms. The Morgan fingerprint density at radius 3 is 2.28 bits per heavy atom. The van der Waals surface area contributed by atoms with E-state index in [0.717, 1.165) is 16.4 Å². The number of nitrogens with zero attached hydrogens (tertiary/aromatic N) is 1. The van der Waals surface area contributed by atoms with E-state index in [1.165, 1.54) is 45.5 Å². The minimum Gasteiger partial charge on any atom is -0.496 e. The van der Waals surface area contributed by atoms with Crippen LogP contribution in [0.3, 0.4) is 0 Å². The third kappa shape index (κ3) is 5.82. The van der Waals surface area contributed by atoms with Gasteiger partial charge in [0.15, 0.2) is 6.61 Å². The van der Waals surface area contributed by atoms with E-state index in [4.69, 9.17) is 14.6 Å². The van der Waals surface area contributed by atoms with Gasteiger partial charge in [0.2, 0.25) is 20.0 Å². The zero-order valence-corrected chi connectivity index (χ0v) is 19.4. The number of primary sulfonamides is 1. The maximum absolute atomic E-state index is 12.4. The zero-order valence-electron chi connectivity index (χ0n) is 17.8. The lowest BCUT2D eigenvalue weighted by Crippen LogP contribution is -2.24. The molecule has 0 fully saturated rings. The van der Waals surface area contributed by atoms with Crippen molar-refractivity contribution in [2.24, 2.45) is 5.14 Å². The fraction of sp³-hybridized carbons (Fsp3) is 0.263. The Morgan fingerprint density at radius 1 is 1.06 bits per heavy atom. The van der Waals surface area contributed by atoms with E-state index in [-0.39, 0.29) is 26.8 Å². The van der Waals surface area contributed by atoms with Crippen molar-refractivity contribution in [3.8, 4) is 5.75 Å². The number of anilines is 1. The summed E-state index contributed by atoms with van der Waals surface area (Å²) in [5.41, 5.74) is 0.442. The van der Waals surface area contributed by atoms with Gasteiger partial charge in [-0.15, -0.1) is 0 Å². The fourth-order valence-corrected chi connectivity index (χ4v) is 4.27. The van der Waals surface area contributed by atoms with Gasteiger partial charge in [0.1, 0.15) is 11.3 Å². The van der Waals surface area contributed by atoms with Gasteiger partial charge in [-0.3, -0.25) is 4.79 Å². The van der Waals surface area contributed by atoms with Crippen LogP contribution in [0.2, 0.25) is 0 Å². The average molecular weight is 486 g/mol. The van der Waals surface area contributed by atoms with E-state index in [0.29, 0.717) is 5.56 Å². The van der Waals surface area contributed by atoms with E-state index in [9.17, 15) is 26.4 Å². The van der Waals surface area contributed by atoms with Crippen LogP contribution < -0.4 is 15.2 Å². The summed E-state index contributed by atoms with van der Waals surface area (Å²) in [7, 11) is -3.76. The van der Waals surface area contributed by atoms with Gasteiger partial charge >= 0.3 is 5.97 Å². The number of sulfonamides is 2. The predicted molar refractivity (Wildman–Crippen MR) is 115 cm³/mol. The van der Waals surface area contributed by atoms with Gasteiger partial charge in [-0.1, -0.05) is 6.07 Å². The van der Waals surface area contributed by atoms with Crippen molar-refractivity contribution in [3.63, 3.8) is 0 Å². The van der Waals surface area contributed by atoms with Crippen LogP contribution in [-0.2, 0) is 29.6 Å². The maximum Gasteiger partial charge on any atom is 0.342 e. The Kier molecular flexibility index (Phi) is 7.62. The van der Waals surface area contributed by atoms with Crippen LogP contribution in [0.5, 0.6) is 5.75 Å². The number of esters is 1. The van der Waals surface area contributed by atoms with E-state index < -0.39 is 38.5 Å². The molecule has 0 saturated carbocycles. The largest absolute Gasteiger partial charge is 0.496 e. The molecule has 0 aromatic heterocycles. The van der Waals surface area contributed by atoms with Crippen molar-refractivity contribution in [3.05, 3.63) is 47.5 Å². The minimum atomic E-state index is -4.08. The molecule has 174 valence electrons. The van der Waals surface area contributed by atoms with Gasteiger partial charge in [-0.25, -0.2) is 31.1 Å². The van der Waals surface area contributed by atoms with Crippen LogP contribution in [0.25, 0.3) is 0 Å². The molecule has 2 aromatic rings. The van der Waals surface area contributed by atoms with Crippen molar-refractivity contribution in [1.82, 2.24) is 4.31 Å². The first-order valence-corrected chi connectivity index (χ1v) is 12.0. The summed E-state index contributed by atoms with van der Waals surface area (Å²) in [6.07, 6.45) is 0. The van der Waals surface area contributed by atoms with Crippen molar-refractivity contribution >= 4 is 37.6 Å². The molecule has 0 heterocycles. The van der Waals surface area contributed by atoms with Gasteiger partial charge in [0.25, 0.3) is 5.91 Å². The van der Waals surface area contributed by atoms with Crippen molar-refractivity contribution in [2.45, 2.75) is 16.7 Å². The highest BCUT2D eigenvalue weighted by Crippen LogP contribution is 2.24. The van der Waals surface area contributed by atoms with Crippen molar-refractivity contribution in [2.75, 3.05) is 33.1 Å². The van der Waals surface area contributed by atoms with Gasteiger partial charge in [0, 0.05) is 19.8 Å². The first-order chi connectivity index (χ1) is 14.8. The lowest BCUT2D eigenvalue weighted by Gasteiger charge is -2.15. The molecule has 13 heteroatoms. The monoisotopic (exact) mass is 485 g/mol. The molecule has 2 rings (SSSR count). The summed E-state index contributed by atoms with van der Waals surface area (Å²) in [6.45, 7) is 0.901. The molecule has 0 aliphatic rings. The third-order valence-electron chi connectivity index (χ3n) is 4.28. The quantitative estimate of drug-likeness (QED) is 0.516. The van der Waals surface area contributed by atoms with Crippen LogP contribution in [0.1, 0.15) is 15.9 Å². The molecule has 3 N–H and O–H groups in total. The van der Waals surface area contributed by atoms with E-state index in [2.05, 4.69) is 5.32 Å². The lowest BCUT2D eigenvalue weighted by molar-refractivity contribution is -0.119. The predicted octanol–water partition coefficient (Wildman–Crippen LogP) is 0.697. The van der Waals surface area contributed by atoms with Crippen molar-refractivity contribution < 1.29 is 35.9 Å². The Balaban J connectivity index is 2.15. The zero-order chi connectivity index (χ0) is 24.3. The molecular weight excluding hydrogens is 462 g/mol. The SMILES string of the molecule is COc1ccc(S(N)(=O)=O)cc1C(=O)OCC(=O)Nc1ccc(C)c(S(=O)(=O)N(C)C)c1. The Morgan fingerprint density at radius 2 is 1.72 bits per heavy atom. The summed E-state index contributed by atoms with van der Waals surface area (Å²) in [6, 6.07) is 7.70. The average Bonchev–Trinajstić information content (AvgIpc) is 2.71. The molecule has 1 amide bonds. The normalized spacial score (nSPS) is 11.8. The van der Waals surface area contributed by atoms with Gasteiger partial charge in [-0.2, -0.15) is 0 Å². The number of aryl methyl sites for hydroxylation is 1. The molecule has 0 spiro atoms. The van der Waals surface area contributed by atoms with Crippen LogP contribution in [-0.4, -0.2) is 60.8 Å². The van der Waals surface area contributed by atoms with Crippen LogP contribution in [0.4, 0.5) is 5.69 Å². The number of amides is 1. The maximum atomic E-state index is 12.4. The molecule has 0 bridgehead atoms. The number of rotatable bonds is 8. The number of hydrogen-bond acceptors (Lipinski definition) is 8. The van der Waals surface area contributed by atoms with Crippen LogP contribution >= 0.6 is 0 Å². The first-order valence-electron chi connectivity index (χ1n) is 8.98. The number of nitrogens with two attached hydrogens (primary N) is 1. The molecule has 2 aromatic carbocycles. The molecule has 11 nitrogen and oxygen atoms in total. The van der Waals surface area contributed by atoms with E-state index >= 15 is 0 Å². The summed E-state index contributed by atoms with van der Waals surface area (Å²) in [4.78, 5) is 24.3. The molecule has 0 aliphatic carbocycles. The Hall–Kier alpha value is -3.00. The van der Waals surface area contributed by atoms with Gasteiger partial charge < -0.3 is 14.8 Å². The Bertz CT molecular complexity index is 1260. The smallest absolute Gasteiger partial charge is 0.342 e. The summed E-state index contributed by atoms with van der Waals surface area (Å²) in [5.74, 6) is -1.72. The lowest BCUT2D eigenvalue weighted by atomic mass is 10.2. The molecule has 0 saturated heterocycles. The second-order valence-corrected chi connectivity index (χ2v) is 10.5. The third-order valence-corrected chi connectivity index (χ3v) is 7.15. The standard InChI is InChI=1S/C19H23N3O8S2/c1-12-5-6-13(9-17(12)32(27,28)22(2)3)21-18(23)11-30-19(24)15-10-14(31(20,25)26)7-8-16(15)29-4/h5-10H,11H2,1-4H3,(H,21,23)(H2,20,25,26). The fourth-order valence-electron chi connectivity index (χ4n) is 2.58. The highest BCUT2D eigenvalue weighted by Gasteiger charge is 2.22. The highest BCUT2D eigenvalue weighted by atomic mass is 32.2. The highest BCUT2D eigenvalue weighted by molar-refractivity contribution is 7.89. The molecule has 0 radical (unpaired) electrons. The van der Waals surface area contributed by atoms with Crippen LogP contribution in [0, 0.1) is 6.92 Å². The number of ether oxygens (including phenoxy) is 2. The summed E-state index contributed by atoms with van der Waals surface area (Å²) >= 11 is 0. The second-order valence-electron chi connectivity index (χ2n) is 6.80.